The lowest BCUT2D eigenvalue weighted by molar-refractivity contribution is -0.117. The van der Waals surface area contributed by atoms with E-state index in [9.17, 15) is 4.79 Å². The van der Waals surface area contributed by atoms with Gasteiger partial charge in [0.1, 0.15) is 5.03 Å². The van der Waals surface area contributed by atoms with Gasteiger partial charge in [-0.15, -0.1) is 10.2 Å². The van der Waals surface area contributed by atoms with Gasteiger partial charge in [-0.25, -0.2) is 9.50 Å². The molecule has 0 atom stereocenters. The standard InChI is InChI=1S/C20H22N8OS/c1-2-9-21-10-13-3-6-17-24-25-20(27(17)11-13)30-18-8-7-16-22-15(12-28(16)26-18)23-19(29)14-4-5-14/h3,6-8,11-12,14,21H,2,4-5,9-10H2,1H3,(H,23,29). The van der Waals surface area contributed by atoms with Crippen LogP contribution in [-0.4, -0.2) is 41.6 Å². The van der Waals surface area contributed by atoms with Gasteiger partial charge in [0, 0.05) is 18.7 Å². The molecule has 2 N–H and O–H groups in total. The molecule has 9 nitrogen and oxygen atoms in total. The van der Waals surface area contributed by atoms with Crippen molar-refractivity contribution in [1.82, 2.24) is 34.5 Å². The molecular weight excluding hydrogens is 400 g/mol. The zero-order valence-electron chi connectivity index (χ0n) is 16.6. The normalized spacial score (nSPS) is 13.9. The Hall–Kier alpha value is -2.98. The van der Waals surface area contributed by atoms with Crippen LogP contribution in [0.25, 0.3) is 11.3 Å². The lowest BCUT2D eigenvalue weighted by atomic mass is 10.3. The molecule has 0 spiro atoms. The molecule has 30 heavy (non-hydrogen) atoms. The maximum absolute atomic E-state index is 12.0. The number of hydrogen-bond acceptors (Lipinski definition) is 7. The predicted octanol–water partition coefficient (Wildman–Crippen LogP) is 2.77. The Kier molecular flexibility index (Phi) is 5.09. The first-order valence-corrected chi connectivity index (χ1v) is 10.9. The Morgan fingerprint density at radius 1 is 1.17 bits per heavy atom. The SMILES string of the molecule is CCCNCc1ccc2nnc(Sc3ccc4nc(NC(=O)C5CC5)cn4n3)n2c1. The fourth-order valence-electron chi connectivity index (χ4n) is 3.14. The second kappa shape index (κ2) is 8.04. The van der Waals surface area contributed by atoms with Gasteiger partial charge in [0.2, 0.25) is 11.1 Å². The van der Waals surface area contributed by atoms with Crippen LogP contribution in [0.4, 0.5) is 5.82 Å². The number of pyridine rings is 1. The van der Waals surface area contributed by atoms with Gasteiger partial charge in [-0.1, -0.05) is 13.0 Å². The van der Waals surface area contributed by atoms with Gasteiger partial charge in [-0.05, 0) is 61.3 Å². The van der Waals surface area contributed by atoms with Crippen molar-refractivity contribution >= 4 is 34.8 Å². The third-order valence-electron chi connectivity index (χ3n) is 4.88. The van der Waals surface area contributed by atoms with Gasteiger partial charge in [0.05, 0.1) is 6.20 Å². The molecule has 0 saturated heterocycles. The lowest BCUT2D eigenvalue weighted by Crippen LogP contribution is -2.14. The van der Waals surface area contributed by atoms with E-state index in [2.05, 4.69) is 50.1 Å². The summed E-state index contributed by atoms with van der Waals surface area (Å²) in [5.41, 5.74) is 2.65. The fraction of sp³-hybridized carbons (Fsp3) is 0.350. The topological polar surface area (TPSA) is 102 Å². The van der Waals surface area contributed by atoms with Crippen LogP contribution in [0, 0.1) is 5.92 Å². The van der Waals surface area contributed by atoms with Crippen molar-refractivity contribution in [3.05, 3.63) is 42.2 Å². The van der Waals surface area contributed by atoms with E-state index in [1.165, 1.54) is 17.3 Å². The van der Waals surface area contributed by atoms with E-state index >= 15 is 0 Å². The Morgan fingerprint density at radius 2 is 2.03 bits per heavy atom. The third-order valence-corrected chi connectivity index (χ3v) is 5.77. The molecule has 4 heterocycles. The smallest absolute Gasteiger partial charge is 0.228 e. The molecule has 1 fully saturated rings. The van der Waals surface area contributed by atoms with Crippen LogP contribution in [0.15, 0.2) is 46.8 Å². The van der Waals surface area contributed by atoms with Gasteiger partial charge in [-0.2, -0.15) is 5.10 Å². The highest BCUT2D eigenvalue weighted by Crippen LogP contribution is 2.30. The lowest BCUT2D eigenvalue weighted by Gasteiger charge is -2.05. The van der Waals surface area contributed by atoms with Crippen LogP contribution in [0.3, 0.4) is 0 Å². The zero-order valence-corrected chi connectivity index (χ0v) is 17.4. The number of carbonyl (C=O) groups excluding carboxylic acids is 1. The summed E-state index contributed by atoms with van der Waals surface area (Å²) < 4.78 is 3.66. The first-order chi connectivity index (χ1) is 14.7. The Bertz CT molecular complexity index is 1210. The summed E-state index contributed by atoms with van der Waals surface area (Å²) in [6.45, 7) is 3.94. The summed E-state index contributed by atoms with van der Waals surface area (Å²) in [4.78, 5) is 16.4. The zero-order chi connectivity index (χ0) is 20.5. The average Bonchev–Trinajstić information content (AvgIpc) is 3.42. The maximum atomic E-state index is 12.0. The van der Waals surface area contributed by atoms with Crippen LogP contribution in [0.2, 0.25) is 0 Å². The van der Waals surface area contributed by atoms with E-state index in [1.807, 2.05) is 22.6 Å². The summed E-state index contributed by atoms with van der Waals surface area (Å²) in [6.07, 6.45) is 6.81. The third kappa shape index (κ3) is 4.01. The van der Waals surface area contributed by atoms with Gasteiger partial charge in [0.15, 0.2) is 17.1 Å². The number of nitrogens with one attached hydrogen (secondary N) is 2. The van der Waals surface area contributed by atoms with E-state index < -0.39 is 0 Å². The van der Waals surface area contributed by atoms with Crippen molar-refractivity contribution in [2.24, 2.45) is 5.92 Å². The van der Waals surface area contributed by atoms with Crippen molar-refractivity contribution in [2.75, 3.05) is 11.9 Å². The summed E-state index contributed by atoms with van der Waals surface area (Å²) in [6, 6.07) is 7.81. The molecule has 5 rings (SSSR count). The van der Waals surface area contributed by atoms with Crippen LogP contribution in [-0.2, 0) is 11.3 Å². The van der Waals surface area contributed by atoms with E-state index in [4.69, 9.17) is 0 Å². The molecule has 154 valence electrons. The van der Waals surface area contributed by atoms with Gasteiger partial charge in [0.25, 0.3) is 0 Å². The fourth-order valence-corrected chi connectivity index (χ4v) is 3.92. The number of amides is 1. The number of nitrogens with zero attached hydrogens (tertiary/aromatic N) is 6. The van der Waals surface area contributed by atoms with Crippen LogP contribution < -0.4 is 10.6 Å². The summed E-state index contributed by atoms with van der Waals surface area (Å²) in [5.74, 6) is 0.697. The monoisotopic (exact) mass is 422 g/mol. The number of anilines is 1. The molecule has 1 aliphatic rings. The first-order valence-electron chi connectivity index (χ1n) is 10.1. The van der Waals surface area contributed by atoms with Gasteiger partial charge < -0.3 is 10.6 Å². The van der Waals surface area contributed by atoms with E-state index in [0.717, 1.165) is 48.2 Å². The minimum absolute atomic E-state index is 0.0344. The maximum Gasteiger partial charge on any atom is 0.228 e. The number of carbonyl (C=O) groups is 1. The Balaban J connectivity index is 1.35. The second-order valence-corrected chi connectivity index (χ2v) is 8.38. The largest absolute Gasteiger partial charge is 0.313 e. The number of hydrogen-bond donors (Lipinski definition) is 2. The second-order valence-electron chi connectivity index (χ2n) is 7.39. The van der Waals surface area contributed by atoms with E-state index in [-0.39, 0.29) is 11.8 Å². The molecule has 0 unspecified atom stereocenters. The van der Waals surface area contributed by atoms with Crippen LogP contribution in [0.5, 0.6) is 0 Å². The Labute approximate surface area is 177 Å². The van der Waals surface area contributed by atoms with Crippen molar-refractivity contribution in [3.63, 3.8) is 0 Å². The van der Waals surface area contributed by atoms with Crippen molar-refractivity contribution in [3.8, 4) is 0 Å². The Morgan fingerprint density at radius 3 is 2.87 bits per heavy atom. The first kappa shape index (κ1) is 19.0. The highest BCUT2D eigenvalue weighted by atomic mass is 32.2. The molecule has 10 heteroatoms. The molecule has 1 aliphatic carbocycles. The molecule has 1 saturated carbocycles. The number of aromatic nitrogens is 6. The summed E-state index contributed by atoms with van der Waals surface area (Å²) in [5, 5.41) is 20.9. The molecule has 4 aromatic heterocycles. The summed E-state index contributed by atoms with van der Waals surface area (Å²) >= 11 is 1.44. The molecule has 0 bridgehead atoms. The minimum atomic E-state index is 0.0344. The van der Waals surface area contributed by atoms with Gasteiger partial charge in [-0.3, -0.25) is 9.20 Å². The van der Waals surface area contributed by atoms with Crippen LogP contribution >= 0.6 is 11.8 Å². The van der Waals surface area contributed by atoms with Crippen molar-refractivity contribution in [1.29, 1.82) is 0 Å². The number of imidazole rings is 1. The van der Waals surface area contributed by atoms with E-state index in [1.54, 1.807) is 10.7 Å². The minimum Gasteiger partial charge on any atom is -0.313 e. The molecule has 4 aromatic rings. The summed E-state index contributed by atoms with van der Waals surface area (Å²) in [7, 11) is 0. The van der Waals surface area contributed by atoms with E-state index in [0.29, 0.717) is 11.5 Å². The molecule has 1 amide bonds. The molecule has 0 aliphatic heterocycles. The highest BCUT2D eigenvalue weighted by molar-refractivity contribution is 7.99. The highest BCUT2D eigenvalue weighted by Gasteiger charge is 2.30. The van der Waals surface area contributed by atoms with Crippen molar-refractivity contribution in [2.45, 2.75) is 42.9 Å². The average molecular weight is 423 g/mol. The molecular formula is C20H22N8OS. The van der Waals surface area contributed by atoms with Crippen molar-refractivity contribution < 1.29 is 4.79 Å². The number of fused-ring (bicyclic) bond motifs is 2. The predicted molar refractivity (Wildman–Crippen MR) is 113 cm³/mol. The number of rotatable bonds is 8. The quantitative estimate of drug-likeness (QED) is 0.421. The van der Waals surface area contributed by atoms with Gasteiger partial charge >= 0.3 is 0 Å². The van der Waals surface area contributed by atoms with Crippen LogP contribution in [0.1, 0.15) is 31.7 Å². The molecule has 0 aromatic carbocycles. The molecule has 0 radical (unpaired) electrons.